The largest absolute Gasteiger partial charge is 0.382 e. The van der Waals surface area contributed by atoms with Gasteiger partial charge in [0.15, 0.2) is 0 Å². The summed E-state index contributed by atoms with van der Waals surface area (Å²) < 4.78 is 16.2. The second-order valence-electron chi connectivity index (χ2n) is 4.43. The molecule has 0 aliphatic heterocycles. The van der Waals surface area contributed by atoms with Crippen LogP contribution in [-0.4, -0.2) is 47.1 Å². The predicted octanol–water partition coefficient (Wildman–Crippen LogP) is 2.67. The number of rotatable bonds is 11. The molecule has 0 saturated heterocycles. The number of halogens is 1. The van der Waals surface area contributed by atoms with E-state index in [4.69, 9.17) is 25.8 Å². The normalized spacial score (nSPS) is 12.6. The first-order chi connectivity index (χ1) is 9.77. The van der Waals surface area contributed by atoms with Crippen LogP contribution >= 0.6 is 11.6 Å². The first-order valence-electron chi connectivity index (χ1n) is 6.86. The Balaban J connectivity index is 2.29. The SMILES string of the molecule is CNCC(OCCCOCCOC)c1cccc(Cl)c1. The van der Waals surface area contributed by atoms with E-state index in [1.807, 2.05) is 31.3 Å². The van der Waals surface area contributed by atoms with Crippen LogP contribution in [-0.2, 0) is 14.2 Å². The Morgan fingerprint density at radius 3 is 2.75 bits per heavy atom. The van der Waals surface area contributed by atoms with Crippen LogP contribution in [0.5, 0.6) is 0 Å². The fourth-order valence-electron chi connectivity index (χ4n) is 1.80. The highest BCUT2D eigenvalue weighted by atomic mass is 35.5. The summed E-state index contributed by atoms with van der Waals surface area (Å²) in [6.07, 6.45) is 0.877. The molecule has 0 spiro atoms. The lowest BCUT2D eigenvalue weighted by Crippen LogP contribution is -2.20. The summed E-state index contributed by atoms with van der Waals surface area (Å²) in [7, 11) is 3.58. The average Bonchev–Trinajstić information content (AvgIpc) is 2.45. The van der Waals surface area contributed by atoms with Crippen LogP contribution < -0.4 is 5.32 Å². The van der Waals surface area contributed by atoms with Gasteiger partial charge in [-0.25, -0.2) is 0 Å². The Morgan fingerprint density at radius 2 is 2.05 bits per heavy atom. The number of benzene rings is 1. The summed E-state index contributed by atoms with van der Waals surface area (Å²) in [4.78, 5) is 0. The maximum absolute atomic E-state index is 6.01. The van der Waals surface area contributed by atoms with Crippen molar-refractivity contribution in [1.29, 1.82) is 0 Å². The summed E-state index contributed by atoms with van der Waals surface area (Å²) in [5, 5.41) is 3.87. The Hall–Kier alpha value is -0.650. The van der Waals surface area contributed by atoms with Gasteiger partial charge in [0.25, 0.3) is 0 Å². The lowest BCUT2D eigenvalue weighted by Gasteiger charge is -2.18. The van der Waals surface area contributed by atoms with Crippen molar-refractivity contribution in [3.63, 3.8) is 0 Å². The second kappa shape index (κ2) is 11.1. The van der Waals surface area contributed by atoms with Gasteiger partial charge >= 0.3 is 0 Å². The molecule has 0 saturated carbocycles. The zero-order chi connectivity index (χ0) is 14.6. The van der Waals surface area contributed by atoms with Crippen molar-refractivity contribution < 1.29 is 14.2 Å². The molecule has 1 aromatic carbocycles. The Kier molecular flexibility index (Phi) is 9.62. The molecule has 20 heavy (non-hydrogen) atoms. The van der Waals surface area contributed by atoms with Gasteiger partial charge in [0.05, 0.1) is 19.3 Å². The molecule has 1 aromatic rings. The average molecular weight is 302 g/mol. The third-order valence-electron chi connectivity index (χ3n) is 2.79. The number of nitrogens with one attached hydrogen (secondary N) is 1. The Morgan fingerprint density at radius 1 is 1.20 bits per heavy atom. The van der Waals surface area contributed by atoms with Gasteiger partial charge in [0.1, 0.15) is 0 Å². The van der Waals surface area contributed by atoms with Gasteiger partial charge < -0.3 is 19.5 Å². The fraction of sp³-hybridized carbons (Fsp3) is 0.600. The van der Waals surface area contributed by atoms with E-state index in [9.17, 15) is 0 Å². The van der Waals surface area contributed by atoms with E-state index < -0.39 is 0 Å². The molecule has 0 radical (unpaired) electrons. The summed E-state index contributed by atoms with van der Waals surface area (Å²) >= 11 is 6.01. The van der Waals surface area contributed by atoms with Gasteiger partial charge in [-0.05, 0) is 31.2 Å². The molecule has 0 amide bonds. The van der Waals surface area contributed by atoms with E-state index in [0.29, 0.717) is 26.4 Å². The van der Waals surface area contributed by atoms with Crippen molar-refractivity contribution in [2.45, 2.75) is 12.5 Å². The van der Waals surface area contributed by atoms with Crippen LogP contribution in [0.3, 0.4) is 0 Å². The Bertz CT molecular complexity index is 363. The van der Waals surface area contributed by atoms with E-state index in [1.54, 1.807) is 7.11 Å². The molecule has 1 unspecified atom stereocenters. The lowest BCUT2D eigenvalue weighted by molar-refractivity contribution is 0.0237. The highest BCUT2D eigenvalue weighted by Crippen LogP contribution is 2.20. The lowest BCUT2D eigenvalue weighted by atomic mass is 10.1. The standard InChI is InChI=1S/C15H24ClNO3/c1-17-12-15(13-5-3-6-14(16)11-13)20-8-4-7-19-10-9-18-2/h3,5-6,11,15,17H,4,7-10,12H2,1-2H3. The zero-order valence-electron chi connectivity index (χ0n) is 12.2. The molecule has 0 fully saturated rings. The fourth-order valence-corrected chi connectivity index (χ4v) is 1.99. The number of ether oxygens (including phenoxy) is 3. The van der Waals surface area contributed by atoms with Gasteiger partial charge in [-0.2, -0.15) is 0 Å². The van der Waals surface area contributed by atoms with Crippen LogP contribution in [0, 0.1) is 0 Å². The minimum Gasteiger partial charge on any atom is -0.382 e. The molecule has 0 aliphatic carbocycles. The minimum absolute atomic E-state index is 0.0117. The van der Waals surface area contributed by atoms with Crippen molar-refractivity contribution in [3.05, 3.63) is 34.9 Å². The number of methoxy groups -OCH3 is 1. The minimum atomic E-state index is 0.0117. The highest BCUT2D eigenvalue weighted by molar-refractivity contribution is 6.30. The van der Waals surface area contributed by atoms with E-state index in [0.717, 1.165) is 23.6 Å². The summed E-state index contributed by atoms with van der Waals surface area (Å²) in [5.41, 5.74) is 1.09. The third-order valence-corrected chi connectivity index (χ3v) is 3.03. The van der Waals surface area contributed by atoms with Crippen molar-refractivity contribution in [2.24, 2.45) is 0 Å². The molecule has 1 atom stereocenters. The Labute approximate surface area is 126 Å². The number of hydrogen-bond acceptors (Lipinski definition) is 4. The maximum atomic E-state index is 6.01. The molecule has 1 rings (SSSR count). The molecule has 5 heteroatoms. The maximum Gasteiger partial charge on any atom is 0.0949 e. The molecule has 114 valence electrons. The monoisotopic (exact) mass is 301 g/mol. The molecular formula is C15H24ClNO3. The van der Waals surface area contributed by atoms with Gasteiger partial charge in [-0.15, -0.1) is 0 Å². The van der Waals surface area contributed by atoms with Gasteiger partial charge in [-0.1, -0.05) is 23.7 Å². The predicted molar refractivity (Wildman–Crippen MR) is 81.4 cm³/mol. The van der Waals surface area contributed by atoms with E-state index in [1.165, 1.54) is 0 Å². The molecule has 4 nitrogen and oxygen atoms in total. The van der Waals surface area contributed by atoms with Gasteiger partial charge in [0.2, 0.25) is 0 Å². The second-order valence-corrected chi connectivity index (χ2v) is 4.87. The molecule has 0 aromatic heterocycles. The first kappa shape index (κ1) is 17.4. The number of likely N-dealkylation sites (N-methyl/N-ethyl adjacent to an activating group) is 1. The van der Waals surface area contributed by atoms with E-state index in [-0.39, 0.29) is 6.10 Å². The van der Waals surface area contributed by atoms with Crippen LogP contribution in [0.25, 0.3) is 0 Å². The smallest absolute Gasteiger partial charge is 0.0949 e. The van der Waals surface area contributed by atoms with Crippen LogP contribution in [0.1, 0.15) is 18.1 Å². The van der Waals surface area contributed by atoms with Gasteiger partial charge in [0, 0.05) is 31.9 Å². The number of hydrogen-bond donors (Lipinski definition) is 1. The highest BCUT2D eigenvalue weighted by Gasteiger charge is 2.11. The van der Waals surface area contributed by atoms with Gasteiger partial charge in [-0.3, -0.25) is 0 Å². The summed E-state index contributed by atoms with van der Waals surface area (Å²) in [6.45, 7) is 3.36. The van der Waals surface area contributed by atoms with Crippen molar-refractivity contribution >= 4 is 11.6 Å². The summed E-state index contributed by atoms with van der Waals surface area (Å²) in [5.74, 6) is 0. The molecular weight excluding hydrogens is 278 g/mol. The first-order valence-corrected chi connectivity index (χ1v) is 7.24. The van der Waals surface area contributed by atoms with Crippen molar-refractivity contribution in [1.82, 2.24) is 5.32 Å². The summed E-state index contributed by atoms with van der Waals surface area (Å²) in [6, 6.07) is 7.78. The van der Waals surface area contributed by atoms with Crippen molar-refractivity contribution in [3.8, 4) is 0 Å². The van der Waals surface area contributed by atoms with Crippen molar-refractivity contribution in [2.75, 3.05) is 47.1 Å². The van der Waals surface area contributed by atoms with Crippen LogP contribution in [0.4, 0.5) is 0 Å². The van der Waals surface area contributed by atoms with Crippen LogP contribution in [0.2, 0.25) is 5.02 Å². The molecule has 1 N–H and O–H groups in total. The van der Waals surface area contributed by atoms with E-state index in [2.05, 4.69) is 5.32 Å². The zero-order valence-corrected chi connectivity index (χ0v) is 13.0. The molecule has 0 aliphatic rings. The quantitative estimate of drug-likeness (QED) is 0.638. The third kappa shape index (κ3) is 7.22. The molecule has 0 bridgehead atoms. The molecule has 0 heterocycles. The van der Waals surface area contributed by atoms with E-state index >= 15 is 0 Å². The topological polar surface area (TPSA) is 39.7 Å². The van der Waals surface area contributed by atoms with Crippen LogP contribution in [0.15, 0.2) is 24.3 Å².